The summed E-state index contributed by atoms with van der Waals surface area (Å²) in [6, 6.07) is 6.20. The van der Waals surface area contributed by atoms with Crippen molar-refractivity contribution in [3.8, 4) is 5.75 Å². The zero-order chi connectivity index (χ0) is 11.3. The molecule has 0 aliphatic rings. The average Bonchev–Trinajstić information content (AvgIpc) is 2.26. The number of aliphatic hydroxyl groups is 1. The Morgan fingerprint density at radius 2 is 2.27 bits per heavy atom. The molecule has 1 unspecified atom stereocenters. The second-order valence-corrected chi connectivity index (χ2v) is 3.21. The third-order valence-corrected chi connectivity index (χ3v) is 1.99. The number of hydrogen-bond donors (Lipinski definition) is 2. The van der Waals surface area contributed by atoms with Crippen molar-refractivity contribution in [2.45, 2.75) is 19.4 Å². The highest BCUT2D eigenvalue weighted by atomic mass is 16.5. The predicted octanol–water partition coefficient (Wildman–Crippen LogP) is 1.53. The van der Waals surface area contributed by atoms with Gasteiger partial charge in [-0.05, 0) is 24.6 Å². The molecule has 0 heterocycles. The van der Waals surface area contributed by atoms with Crippen LogP contribution in [0.5, 0.6) is 5.75 Å². The van der Waals surface area contributed by atoms with E-state index in [9.17, 15) is 9.90 Å². The molecule has 0 amide bonds. The van der Waals surface area contributed by atoms with Gasteiger partial charge in [-0.1, -0.05) is 13.0 Å². The minimum Gasteiger partial charge on any atom is -0.491 e. The predicted molar refractivity (Wildman–Crippen MR) is 55.2 cm³/mol. The molecule has 1 atom stereocenters. The normalized spacial score (nSPS) is 12.1. The number of ether oxygens (including phenoxy) is 1. The van der Waals surface area contributed by atoms with E-state index >= 15 is 0 Å². The summed E-state index contributed by atoms with van der Waals surface area (Å²) in [6.45, 7) is 2.03. The van der Waals surface area contributed by atoms with Crippen molar-refractivity contribution >= 4 is 5.97 Å². The molecule has 0 aromatic heterocycles. The number of aromatic carboxylic acids is 1. The largest absolute Gasteiger partial charge is 0.491 e. The molecule has 4 nitrogen and oxygen atoms in total. The smallest absolute Gasteiger partial charge is 0.335 e. The lowest BCUT2D eigenvalue weighted by Crippen LogP contribution is -2.16. The van der Waals surface area contributed by atoms with Gasteiger partial charge < -0.3 is 14.9 Å². The van der Waals surface area contributed by atoms with Gasteiger partial charge in [0.15, 0.2) is 0 Å². The van der Waals surface area contributed by atoms with Gasteiger partial charge in [-0.2, -0.15) is 0 Å². The van der Waals surface area contributed by atoms with Gasteiger partial charge in [0.25, 0.3) is 0 Å². The van der Waals surface area contributed by atoms with E-state index in [0.717, 1.165) is 0 Å². The Hall–Kier alpha value is -1.55. The monoisotopic (exact) mass is 210 g/mol. The molecule has 1 aromatic carbocycles. The lowest BCUT2D eigenvalue weighted by Gasteiger charge is -2.10. The molecule has 0 fully saturated rings. The van der Waals surface area contributed by atoms with Gasteiger partial charge >= 0.3 is 5.97 Å². The molecule has 0 saturated heterocycles. The van der Waals surface area contributed by atoms with Crippen LogP contribution in [-0.4, -0.2) is 28.9 Å². The first-order valence-corrected chi connectivity index (χ1v) is 4.77. The van der Waals surface area contributed by atoms with Crippen molar-refractivity contribution in [1.82, 2.24) is 0 Å². The van der Waals surface area contributed by atoms with E-state index in [-0.39, 0.29) is 12.2 Å². The summed E-state index contributed by atoms with van der Waals surface area (Å²) >= 11 is 0. The van der Waals surface area contributed by atoms with E-state index in [4.69, 9.17) is 9.84 Å². The van der Waals surface area contributed by atoms with Crippen LogP contribution in [0.3, 0.4) is 0 Å². The molecule has 1 rings (SSSR count). The molecule has 1 aromatic rings. The molecule has 0 radical (unpaired) electrons. The van der Waals surface area contributed by atoms with Gasteiger partial charge in [-0.3, -0.25) is 0 Å². The van der Waals surface area contributed by atoms with Gasteiger partial charge in [0.1, 0.15) is 12.4 Å². The van der Waals surface area contributed by atoms with Gasteiger partial charge in [-0.25, -0.2) is 4.79 Å². The number of hydrogen-bond acceptors (Lipinski definition) is 3. The first-order valence-electron chi connectivity index (χ1n) is 4.77. The Morgan fingerprint density at radius 3 is 2.87 bits per heavy atom. The molecule has 0 bridgehead atoms. The highest BCUT2D eigenvalue weighted by Gasteiger charge is 2.05. The SMILES string of the molecule is CCC(O)COc1cccc(C(=O)O)c1. The fourth-order valence-electron chi connectivity index (χ4n) is 1.03. The Balaban J connectivity index is 2.62. The van der Waals surface area contributed by atoms with E-state index in [1.807, 2.05) is 6.92 Å². The van der Waals surface area contributed by atoms with Gasteiger partial charge in [0.2, 0.25) is 0 Å². The molecular formula is C11H14O4. The second kappa shape index (κ2) is 5.36. The molecule has 0 saturated carbocycles. The second-order valence-electron chi connectivity index (χ2n) is 3.21. The summed E-state index contributed by atoms with van der Waals surface area (Å²) in [5.41, 5.74) is 0.179. The molecule has 0 aliphatic carbocycles. The topological polar surface area (TPSA) is 66.8 Å². The van der Waals surface area contributed by atoms with E-state index in [2.05, 4.69) is 0 Å². The summed E-state index contributed by atoms with van der Waals surface area (Å²) in [5.74, 6) is -0.529. The van der Waals surface area contributed by atoms with Gasteiger partial charge in [0, 0.05) is 0 Å². The Morgan fingerprint density at radius 1 is 1.53 bits per heavy atom. The quantitative estimate of drug-likeness (QED) is 0.773. The van der Waals surface area contributed by atoms with Crippen LogP contribution >= 0.6 is 0 Å². The molecular weight excluding hydrogens is 196 g/mol. The van der Waals surface area contributed by atoms with Crippen molar-refractivity contribution in [3.05, 3.63) is 29.8 Å². The summed E-state index contributed by atoms with van der Waals surface area (Å²) < 4.78 is 5.24. The van der Waals surface area contributed by atoms with Gasteiger partial charge in [0.05, 0.1) is 11.7 Å². The fraction of sp³-hybridized carbons (Fsp3) is 0.364. The van der Waals surface area contributed by atoms with Crippen LogP contribution < -0.4 is 4.74 Å². The minimum absolute atomic E-state index is 0.179. The van der Waals surface area contributed by atoms with E-state index in [0.29, 0.717) is 12.2 Å². The molecule has 2 N–H and O–H groups in total. The number of carboxylic acids is 1. The maximum absolute atomic E-state index is 10.6. The van der Waals surface area contributed by atoms with Crippen LogP contribution in [0.25, 0.3) is 0 Å². The highest BCUT2D eigenvalue weighted by Crippen LogP contribution is 2.13. The number of aliphatic hydroxyl groups excluding tert-OH is 1. The molecule has 0 aliphatic heterocycles. The molecule has 82 valence electrons. The summed E-state index contributed by atoms with van der Waals surface area (Å²) in [4.78, 5) is 10.6. The van der Waals surface area contributed by atoms with Crippen LogP contribution in [0.1, 0.15) is 23.7 Å². The lowest BCUT2D eigenvalue weighted by atomic mass is 10.2. The van der Waals surface area contributed by atoms with Crippen LogP contribution in [0.2, 0.25) is 0 Å². The third kappa shape index (κ3) is 3.59. The Labute approximate surface area is 88.1 Å². The summed E-state index contributed by atoms with van der Waals surface area (Å²) in [5, 5.41) is 18.0. The van der Waals surface area contributed by atoms with Crippen molar-refractivity contribution < 1.29 is 19.7 Å². The molecule has 0 spiro atoms. The maximum atomic E-state index is 10.6. The fourth-order valence-corrected chi connectivity index (χ4v) is 1.03. The lowest BCUT2D eigenvalue weighted by molar-refractivity contribution is 0.0696. The van der Waals surface area contributed by atoms with Crippen LogP contribution in [0.15, 0.2) is 24.3 Å². The van der Waals surface area contributed by atoms with Crippen molar-refractivity contribution in [3.63, 3.8) is 0 Å². The van der Waals surface area contributed by atoms with E-state index < -0.39 is 12.1 Å². The standard InChI is InChI=1S/C11H14O4/c1-2-9(12)7-15-10-5-3-4-8(6-10)11(13)14/h3-6,9,12H,2,7H2,1H3,(H,13,14). The zero-order valence-corrected chi connectivity index (χ0v) is 8.51. The summed E-state index contributed by atoms with van der Waals surface area (Å²) in [7, 11) is 0. The first kappa shape index (κ1) is 11.5. The Bertz CT molecular complexity index is 335. The van der Waals surface area contributed by atoms with Crippen LogP contribution in [-0.2, 0) is 0 Å². The van der Waals surface area contributed by atoms with Crippen molar-refractivity contribution in [1.29, 1.82) is 0 Å². The number of carboxylic acid groups (broad SMARTS) is 1. The van der Waals surface area contributed by atoms with Crippen molar-refractivity contribution in [2.75, 3.05) is 6.61 Å². The molecule has 15 heavy (non-hydrogen) atoms. The van der Waals surface area contributed by atoms with Gasteiger partial charge in [-0.15, -0.1) is 0 Å². The number of rotatable bonds is 5. The van der Waals surface area contributed by atoms with E-state index in [1.54, 1.807) is 12.1 Å². The van der Waals surface area contributed by atoms with E-state index in [1.165, 1.54) is 12.1 Å². The van der Waals surface area contributed by atoms with Crippen LogP contribution in [0, 0.1) is 0 Å². The first-order chi connectivity index (χ1) is 7.13. The highest BCUT2D eigenvalue weighted by molar-refractivity contribution is 5.87. The minimum atomic E-state index is -0.989. The van der Waals surface area contributed by atoms with Crippen LogP contribution in [0.4, 0.5) is 0 Å². The zero-order valence-electron chi connectivity index (χ0n) is 8.51. The Kier molecular flexibility index (Phi) is 4.12. The molecule has 4 heteroatoms. The number of carbonyl (C=O) groups is 1. The maximum Gasteiger partial charge on any atom is 0.335 e. The summed E-state index contributed by atoms with van der Waals surface area (Å²) in [6.07, 6.45) is 0.0945. The third-order valence-electron chi connectivity index (χ3n) is 1.99. The van der Waals surface area contributed by atoms with Crippen molar-refractivity contribution in [2.24, 2.45) is 0 Å². The number of benzene rings is 1. The average molecular weight is 210 g/mol.